The Kier molecular flexibility index (Phi) is 6.00. The third kappa shape index (κ3) is 4.59. The summed E-state index contributed by atoms with van der Waals surface area (Å²) < 4.78 is 15.6. The number of likely N-dealkylation sites (tertiary alicyclic amines) is 1. The molecule has 1 aliphatic heterocycles. The van der Waals surface area contributed by atoms with Crippen LogP contribution in [0.4, 0.5) is 4.79 Å². The molecule has 0 aromatic heterocycles. The molecule has 7 heteroatoms. The molecule has 1 N–H and O–H groups in total. The topological polar surface area (TPSA) is 85.3 Å². The zero-order chi connectivity index (χ0) is 19.5. The highest BCUT2D eigenvalue weighted by molar-refractivity contribution is 5.72. The summed E-state index contributed by atoms with van der Waals surface area (Å²) in [6, 6.07) is 5.01. The lowest BCUT2D eigenvalue weighted by Crippen LogP contribution is -2.35. The van der Waals surface area contributed by atoms with Gasteiger partial charge in [-0.3, -0.25) is 4.79 Å². The van der Waals surface area contributed by atoms with E-state index in [1.807, 2.05) is 0 Å². The lowest BCUT2D eigenvalue weighted by molar-refractivity contribution is -0.141. The van der Waals surface area contributed by atoms with Gasteiger partial charge in [-0.15, -0.1) is 0 Å². The van der Waals surface area contributed by atoms with Crippen molar-refractivity contribution in [2.45, 2.75) is 38.7 Å². The van der Waals surface area contributed by atoms with E-state index < -0.39 is 11.7 Å². The number of phenols is 1. The maximum absolute atomic E-state index is 12.5. The number of carbonyl (C=O) groups is 2. The van der Waals surface area contributed by atoms with Gasteiger partial charge in [0, 0.05) is 24.6 Å². The minimum atomic E-state index is -0.612. The number of hydrogen-bond acceptors (Lipinski definition) is 6. The van der Waals surface area contributed by atoms with Crippen molar-refractivity contribution in [1.29, 1.82) is 0 Å². The molecule has 0 radical (unpaired) electrons. The molecule has 7 nitrogen and oxygen atoms in total. The number of hydrogen-bond donors (Lipinski definition) is 1. The monoisotopic (exact) mass is 365 g/mol. The van der Waals surface area contributed by atoms with Gasteiger partial charge in [-0.05, 0) is 38.8 Å². The third-order valence-electron chi connectivity index (χ3n) is 4.38. The van der Waals surface area contributed by atoms with E-state index in [0.29, 0.717) is 24.4 Å². The summed E-state index contributed by atoms with van der Waals surface area (Å²) in [5, 5.41) is 10.4. The van der Waals surface area contributed by atoms with Crippen molar-refractivity contribution in [2.75, 3.05) is 27.3 Å². The molecule has 26 heavy (non-hydrogen) atoms. The fraction of sp³-hybridized carbons (Fsp3) is 0.579. The molecular weight excluding hydrogens is 338 g/mol. The Balaban J connectivity index is 2.32. The maximum Gasteiger partial charge on any atom is 0.410 e. The molecule has 0 aliphatic carbocycles. The summed E-state index contributed by atoms with van der Waals surface area (Å²) in [6.45, 7) is 6.07. The van der Waals surface area contributed by atoms with E-state index in [1.54, 1.807) is 43.9 Å². The lowest BCUT2D eigenvalue weighted by Gasteiger charge is -2.24. The molecule has 0 bridgehead atoms. The van der Waals surface area contributed by atoms with Crippen molar-refractivity contribution in [3.05, 3.63) is 23.8 Å². The van der Waals surface area contributed by atoms with Crippen molar-refractivity contribution < 1.29 is 28.9 Å². The van der Waals surface area contributed by atoms with Gasteiger partial charge < -0.3 is 24.2 Å². The van der Waals surface area contributed by atoms with E-state index in [2.05, 4.69) is 0 Å². The Morgan fingerprint density at radius 2 is 1.92 bits per heavy atom. The second-order valence-electron chi connectivity index (χ2n) is 7.43. The molecule has 1 aliphatic rings. The molecule has 1 aromatic carbocycles. The first kappa shape index (κ1) is 19.9. The Labute approximate surface area is 153 Å². The van der Waals surface area contributed by atoms with Crippen LogP contribution in [0, 0.1) is 5.92 Å². The second-order valence-corrected chi connectivity index (χ2v) is 7.43. The fourth-order valence-electron chi connectivity index (χ4n) is 3.26. The van der Waals surface area contributed by atoms with Gasteiger partial charge in [-0.2, -0.15) is 0 Å². The number of aromatic hydroxyl groups is 1. The normalized spacial score (nSPS) is 20.0. The summed E-state index contributed by atoms with van der Waals surface area (Å²) in [5.41, 5.74) is -0.0190. The number of nitrogens with zero attached hydrogens (tertiary/aromatic N) is 1. The van der Waals surface area contributed by atoms with E-state index in [0.717, 1.165) is 0 Å². The number of ether oxygens (including phenoxy) is 3. The minimum Gasteiger partial charge on any atom is -0.508 e. The molecule has 1 heterocycles. The highest BCUT2D eigenvalue weighted by Gasteiger charge is 2.41. The highest BCUT2D eigenvalue weighted by Crippen LogP contribution is 2.43. The zero-order valence-electron chi connectivity index (χ0n) is 15.9. The summed E-state index contributed by atoms with van der Waals surface area (Å²) in [6.07, 6.45) is -0.304. The van der Waals surface area contributed by atoms with Crippen molar-refractivity contribution in [1.82, 2.24) is 4.90 Å². The van der Waals surface area contributed by atoms with Crippen LogP contribution in [-0.4, -0.2) is 55.0 Å². The van der Waals surface area contributed by atoms with E-state index in [1.165, 1.54) is 14.2 Å². The van der Waals surface area contributed by atoms with Gasteiger partial charge in [-0.1, -0.05) is 6.07 Å². The van der Waals surface area contributed by atoms with Crippen LogP contribution in [0.25, 0.3) is 0 Å². The molecule has 0 saturated carbocycles. The van der Waals surface area contributed by atoms with Crippen LogP contribution in [0.2, 0.25) is 0 Å². The maximum atomic E-state index is 12.5. The van der Waals surface area contributed by atoms with Crippen LogP contribution in [0.5, 0.6) is 11.5 Å². The van der Waals surface area contributed by atoms with Crippen molar-refractivity contribution >= 4 is 12.1 Å². The Morgan fingerprint density at radius 1 is 1.23 bits per heavy atom. The van der Waals surface area contributed by atoms with Crippen LogP contribution in [0.3, 0.4) is 0 Å². The van der Waals surface area contributed by atoms with Gasteiger partial charge in [0.05, 0.1) is 20.6 Å². The first-order chi connectivity index (χ1) is 12.2. The molecule has 2 rings (SSSR count). The second kappa shape index (κ2) is 7.85. The van der Waals surface area contributed by atoms with Crippen LogP contribution < -0.4 is 4.74 Å². The van der Waals surface area contributed by atoms with Crippen LogP contribution in [-0.2, 0) is 14.3 Å². The van der Waals surface area contributed by atoms with Crippen LogP contribution in [0.1, 0.15) is 38.7 Å². The highest BCUT2D eigenvalue weighted by atomic mass is 16.6. The summed E-state index contributed by atoms with van der Waals surface area (Å²) in [5.74, 6) is -0.235. The molecule has 1 fully saturated rings. The first-order valence-electron chi connectivity index (χ1n) is 8.57. The van der Waals surface area contributed by atoms with Crippen molar-refractivity contribution in [2.24, 2.45) is 5.92 Å². The number of phenolic OH excluding ortho intramolecular Hbond substituents is 1. The van der Waals surface area contributed by atoms with Gasteiger partial charge in [0.1, 0.15) is 17.1 Å². The van der Waals surface area contributed by atoms with Crippen LogP contribution >= 0.6 is 0 Å². The smallest absolute Gasteiger partial charge is 0.410 e. The van der Waals surface area contributed by atoms with Gasteiger partial charge in [-0.25, -0.2) is 4.79 Å². The Hall–Kier alpha value is -2.44. The molecule has 2 atom stereocenters. The zero-order valence-corrected chi connectivity index (χ0v) is 15.9. The van der Waals surface area contributed by atoms with E-state index in [-0.39, 0.29) is 30.0 Å². The Morgan fingerprint density at radius 3 is 2.50 bits per heavy atom. The standard InChI is InChI=1S/C19H27NO6/c1-19(2,3)26-18(23)20-10-12(9-16(22)25-5)13(11-20)17-14(21)7-6-8-15(17)24-4/h6-8,12-13,21H,9-11H2,1-5H3/t12-,13-/m1/s1. The predicted molar refractivity (Wildman–Crippen MR) is 95.3 cm³/mol. The number of carbonyl (C=O) groups excluding carboxylic acids is 2. The number of methoxy groups -OCH3 is 2. The molecule has 0 unspecified atom stereocenters. The molecular formula is C19H27NO6. The lowest BCUT2D eigenvalue weighted by atomic mass is 9.85. The summed E-state index contributed by atoms with van der Waals surface area (Å²) in [4.78, 5) is 25.9. The van der Waals surface area contributed by atoms with Gasteiger partial charge >= 0.3 is 12.1 Å². The van der Waals surface area contributed by atoms with Gasteiger partial charge in [0.15, 0.2) is 0 Å². The fourth-order valence-corrected chi connectivity index (χ4v) is 3.26. The first-order valence-corrected chi connectivity index (χ1v) is 8.57. The van der Waals surface area contributed by atoms with Crippen LogP contribution in [0.15, 0.2) is 18.2 Å². The number of benzene rings is 1. The number of amides is 1. The third-order valence-corrected chi connectivity index (χ3v) is 4.38. The largest absolute Gasteiger partial charge is 0.508 e. The Bertz CT molecular complexity index is 666. The summed E-state index contributed by atoms with van der Waals surface area (Å²) >= 11 is 0. The molecule has 0 spiro atoms. The number of esters is 1. The quantitative estimate of drug-likeness (QED) is 0.826. The average molecular weight is 365 g/mol. The van der Waals surface area contributed by atoms with Gasteiger partial charge in [0.2, 0.25) is 0 Å². The SMILES string of the molecule is COC(=O)C[C@@H]1CN(C(=O)OC(C)(C)C)C[C@H]1c1c(O)cccc1OC. The van der Waals surface area contributed by atoms with E-state index in [4.69, 9.17) is 14.2 Å². The van der Waals surface area contributed by atoms with Gasteiger partial charge in [0.25, 0.3) is 0 Å². The number of rotatable bonds is 4. The predicted octanol–water partition coefficient (Wildman–Crippen LogP) is 2.91. The van der Waals surface area contributed by atoms with Crippen molar-refractivity contribution in [3.63, 3.8) is 0 Å². The molecule has 144 valence electrons. The molecule has 1 aromatic rings. The van der Waals surface area contributed by atoms with E-state index >= 15 is 0 Å². The molecule has 1 saturated heterocycles. The van der Waals surface area contributed by atoms with E-state index in [9.17, 15) is 14.7 Å². The van der Waals surface area contributed by atoms with Crippen molar-refractivity contribution in [3.8, 4) is 11.5 Å². The summed E-state index contributed by atoms with van der Waals surface area (Å²) in [7, 11) is 2.85. The average Bonchev–Trinajstić information content (AvgIpc) is 2.96. The molecule has 1 amide bonds. The minimum absolute atomic E-state index is 0.0789.